The summed E-state index contributed by atoms with van der Waals surface area (Å²) >= 11 is 3.37. The average molecular weight is 388 g/mol. The molecule has 0 unspecified atom stereocenters. The highest BCUT2D eigenvalue weighted by atomic mass is 79.9. The van der Waals surface area contributed by atoms with Crippen LogP contribution in [0.1, 0.15) is 16.8 Å². The zero-order chi connectivity index (χ0) is 17.7. The molecular formula is C16H14BrN5O2. The predicted octanol–water partition coefficient (Wildman–Crippen LogP) is 2.16. The van der Waals surface area contributed by atoms with Gasteiger partial charge in [-0.1, -0.05) is 15.9 Å². The van der Waals surface area contributed by atoms with Crippen LogP contribution in [-0.2, 0) is 6.54 Å². The molecule has 0 saturated heterocycles. The minimum Gasteiger partial charge on any atom is -0.496 e. The number of nitrogens with zero attached hydrogens (tertiary/aromatic N) is 4. The third-order valence-electron chi connectivity index (χ3n) is 3.28. The van der Waals surface area contributed by atoms with E-state index in [1.54, 1.807) is 18.2 Å². The summed E-state index contributed by atoms with van der Waals surface area (Å²) in [5, 5.41) is 32.1. The van der Waals surface area contributed by atoms with Gasteiger partial charge in [0, 0.05) is 10.0 Å². The molecule has 0 spiro atoms. The monoisotopic (exact) mass is 387 g/mol. The van der Waals surface area contributed by atoms with E-state index >= 15 is 0 Å². The van der Waals surface area contributed by atoms with Crippen molar-refractivity contribution in [1.29, 1.82) is 10.5 Å². The highest BCUT2D eigenvalue weighted by Crippen LogP contribution is 2.29. The zero-order valence-corrected chi connectivity index (χ0v) is 14.4. The summed E-state index contributed by atoms with van der Waals surface area (Å²) in [4.78, 5) is 0. The van der Waals surface area contributed by atoms with E-state index in [1.807, 2.05) is 18.2 Å². The summed E-state index contributed by atoms with van der Waals surface area (Å²) in [6.45, 7) is -0.0410. The van der Waals surface area contributed by atoms with Gasteiger partial charge < -0.3 is 15.6 Å². The van der Waals surface area contributed by atoms with Crippen LogP contribution in [0, 0.1) is 22.7 Å². The van der Waals surface area contributed by atoms with Crippen LogP contribution >= 0.6 is 15.9 Å². The molecular weight excluding hydrogens is 374 g/mol. The van der Waals surface area contributed by atoms with Gasteiger partial charge >= 0.3 is 0 Å². The molecule has 122 valence electrons. The van der Waals surface area contributed by atoms with E-state index in [0.717, 1.165) is 4.47 Å². The Bertz CT molecular complexity index is 874. The fourth-order valence-electron chi connectivity index (χ4n) is 2.17. The van der Waals surface area contributed by atoms with Crippen LogP contribution in [0.25, 0.3) is 11.6 Å². The maximum Gasteiger partial charge on any atom is 0.140 e. The third kappa shape index (κ3) is 3.40. The lowest BCUT2D eigenvalue weighted by Gasteiger charge is -2.05. The molecule has 1 heterocycles. The molecule has 0 aliphatic carbocycles. The van der Waals surface area contributed by atoms with Gasteiger partial charge in [-0.05, 0) is 24.3 Å². The van der Waals surface area contributed by atoms with Crippen molar-refractivity contribution in [3.8, 4) is 17.9 Å². The largest absolute Gasteiger partial charge is 0.496 e. The summed E-state index contributed by atoms with van der Waals surface area (Å²) in [7, 11) is 1.53. The second kappa shape index (κ2) is 7.64. The number of halogens is 1. The highest BCUT2D eigenvalue weighted by Gasteiger charge is 2.19. The molecule has 1 aromatic carbocycles. The van der Waals surface area contributed by atoms with Crippen LogP contribution in [0.3, 0.4) is 0 Å². The van der Waals surface area contributed by atoms with Gasteiger partial charge in [-0.15, -0.1) is 0 Å². The lowest BCUT2D eigenvalue weighted by molar-refractivity contribution is 0.270. The molecule has 0 aliphatic rings. The average Bonchev–Trinajstić information content (AvgIpc) is 2.89. The quantitative estimate of drug-likeness (QED) is 0.758. The number of aliphatic hydroxyl groups is 1. The molecule has 7 nitrogen and oxygen atoms in total. The first kappa shape index (κ1) is 17.5. The van der Waals surface area contributed by atoms with E-state index in [-0.39, 0.29) is 35.8 Å². The van der Waals surface area contributed by atoms with Crippen molar-refractivity contribution in [2.45, 2.75) is 6.54 Å². The maximum absolute atomic E-state index is 9.50. The lowest BCUT2D eigenvalue weighted by Crippen LogP contribution is -2.07. The van der Waals surface area contributed by atoms with E-state index in [4.69, 9.17) is 15.6 Å². The molecule has 0 bridgehead atoms. The molecule has 0 atom stereocenters. The standard InChI is InChI=1S/C16H14BrN5O2/c1-24-14-3-2-12(17)7-10(14)6-11(8-18)15-13(9-19)16(20)22(21-15)4-5-23/h2-3,6-7,23H,4-5,20H2,1H3/b11-6+. The number of nitrogen functional groups attached to an aromatic ring is 1. The van der Waals surface area contributed by atoms with E-state index < -0.39 is 0 Å². The molecule has 1 aromatic heterocycles. The Balaban J connectivity index is 2.62. The van der Waals surface area contributed by atoms with Gasteiger partial charge in [0.1, 0.15) is 35.0 Å². The SMILES string of the molecule is COc1ccc(Br)cc1/C=C(\C#N)c1nn(CCO)c(N)c1C#N. The maximum atomic E-state index is 9.50. The van der Waals surface area contributed by atoms with Crippen LogP contribution in [-0.4, -0.2) is 28.6 Å². The first-order chi connectivity index (χ1) is 11.5. The molecule has 0 amide bonds. The number of benzene rings is 1. The van der Waals surface area contributed by atoms with Crippen LogP contribution in [0.2, 0.25) is 0 Å². The Hall–Kier alpha value is -2.81. The van der Waals surface area contributed by atoms with E-state index in [1.165, 1.54) is 11.8 Å². The predicted molar refractivity (Wildman–Crippen MR) is 92.6 cm³/mol. The molecule has 2 rings (SSSR count). The number of methoxy groups -OCH3 is 1. The second-order valence-electron chi connectivity index (χ2n) is 4.72. The Labute approximate surface area is 147 Å². The molecule has 0 aliphatic heterocycles. The molecule has 0 fully saturated rings. The normalized spacial score (nSPS) is 11.0. The first-order valence-corrected chi connectivity index (χ1v) is 7.68. The smallest absolute Gasteiger partial charge is 0.140 e. The molecule has 3 N–H and O–H groups in total. The third-order valence-corrected chi connectivity index (χ3v) is 3.78. The Morgan fingerprint density at radius 2 is 2.25 bits per heavy atom. The van der Waals surface area contributed by atoms with Gasteiger partial charge in [0.05, 0.1) is 25.8 Å². The summed E-state index contributed by atoms with van der Waals surface area (Å²) in [5.74, 6) is 0.691. The van der Waals surface area contributed by atoms with Crippen molar-refractivity contribution in [2.75, 3.05) is 19.5 Å². The van der Waals surface area contributed by atoms with Crippen molar-refractivity contribution in [3.63, 3.8) is 0 Å². The Morgan fingerprint density at radius 3 is 2.83 bits per heavy atom. The minimum absolute atomic E-state index is 0.102. The van der Waals surface area contributed by atoms with Gasteiger partial charge in [0.25, 0.3) is 0 Å². The number of rotatable bonds is 5. The van der Waals surface area contributed by atoms with Crippen molar-refractivity contribution >= 4 is 33.4 Å². The number of aromatic nitrogens is 2. The van der Waals surface area contributed by atoms with E-state index in [0.29, 0.717) is 11.3 Å². The minimum atomic E-state index is -0.179. The van der Waals surface area contributed by atoms with Crippen molar-refractivity contribution < 1.29 is 9.84 Å². The fourth-order valence-corrected chi connectivity index (χ4v) is 2.54. The van der Waals surface area contributed by atoms with Gasteiger partial charge in [0.15, 0.2) is 0 Å². The van der Waals surface area contributed by atoms with Gasteiger partial charge in [0.2, 0.25) is 0 Å². The van der Waals surface area contributed by atoms with Gasteiger partial charge in [-0.25, -0.2) is 4.68 Å². The summed E-state index contributed by atoms with van der Waals surface area (Å²) in [5.41, 5.74) is 6.97. The number of hydrogen-bond donors (Lipinski definition) is 2. The number of aliphatic hydroxyl groups excluding tert-OH is 1. The summed E-state index contributed by atoms with van der Waals surface area (Å²) in [6.07, 6.45) is 1.58. The number of nitrogens with two attached hydrogens (primary N) is 1. The van der Waals surface area contributed by atoms with E-state index in [2.05, 4.69) is 21.0 Å². The summed E-state index contributed by atoms with van der Waals surface area (Å²) in [6, 6.07) is 9.36. The van der Waals surface area contributed by atoms with Crippen LogP contribution < -0.4 is 10.5 Å². The lowest BCUT2D eigenvalue weighted by atomic mass is 10.1. The van der Waals surface area contributed by atoms with Crippen molar-refractivity contribution in [3.05, 3.63) is 39.5 Å². The highest BCUT2D eigenvalue weighted by molar-refractivity contribution is 9.10. The first-order valence-electron chi connectivity index (χ1n) is 6.88. The number of hydrogen-bond acceptors (Lipinski definition) is 6. The van der Waals surface area contributed by atoms with Gasteiger partial charge in [-0.2, -0.15) is 15.6 Å². The van der Waals surface area contributed by atoms with Crippen LogP contribution in [0.15, 0.2) is 22.7 Å². The molecule has 0 saturated carbocycles. The number of anilines is 1. The number of nitriles is 2. The Kier molecular flexibility index (Phi) is 5.59. The molecule has 0 radical (unpaired) electrons. The van der Waals surface area contributed by atoms with Crippen molar-refractivity contribution in [1.82, 2.24) is 9.78 Å². The van der Waals surface area contributed by atoms with Crippen LogP contribution in [0.5, 0.6) is 5.75 Å². The van der Waals surface area contributed by atoms with Crippen molar-refractivity contribution in [2.24, 2.45) is 0 Å². The fraction of sp³-hybridized carbons (Fsp3) is 0.188. The second-order valence-corrected chi connectivity index (χ2v) is 5.64. The van der Waals surface area contributed by atoms with E-state index in [9.17, 15) is 10.5 Å². The topological polar surface area (TPSA) is 121 Å². The number of allylic oxidation sites excluding steroid dienone is 1. The summed E-state index contributed by atoms with van der Waals surface area (Å²) < 4.78 is 7.40. The molecule has 24 heavy (non-hydrogen) atoms. The Morgan fingerprint density at radius 1 is 1.50 bits per heavy atom. The number of ether oxygens (including phenoxy) is 1. The zero-order valence-electron chi connectivity index (χ0n) is 12.8. The molecule has 8 heteroatoms. The molecule has 2 aromatic rings. The van der Waals surface area contributed by atoms with Crippen LogP contribution in [0.4, 0.5) is 5.82 Å². The van der Waals surface area contributed by atoms with Gasteiger partial charge in [-0.3, -0.25) is 0 Å².